The van der Waals surface area contributed by atoms with Crippen molar-refractivity contribution in [1.29, 1.82) is 0 Å². The van der Waals surface area contributed by atoms with Crippen LogP contribution in [0.25, 0.3) is 10.7 Å². The van der Waals surface area contributed by atoms with Crippen LogP contribution in [-0.4, -0.2) is 23.1 Å². The number of hydrogen-bond donors (Lipinski definition) is 1. The van der Waals surface area contributed by atoms with Gasteiger partial charge in [0.25, 0.3) is 0 Å². The molecule has 6 heteroatoms. The Hall–Kier alpha value is -0.980. The fraction of sp³-hybridized carbons (Fsp3) is 0.429. The van der Waals surface area contributed by atoms with Crippen LogP contribution in [0.4, 0.5) is 5.82 Å². The van der Waals surface area contributed by atoms with Crippen LogP contribution in [0.1, 0.15) is 24.6 Å². The Morgan fingerprint density at radius 1 is 1.45 bits per heavy atom. The second-order valence-corrected chi connectivity index (χ2v) is 6.51. The third-order valence-corrected chi connectivity index (χ3v) is 4.84. The number of aromatic nitrogens is 2. The third kappa shape index (κ3) is 2.87. The van der Waals surface area contributed by atoms with Crippen molar-refractivity contribution in [2.45, 2.75) is 26.4 Å². The molecule has 0 amide bonds. The Kier molecular flexibility index (Phi) is 4.33. The smallest absolute Gasteiger partial charge is 0.171 e. The molecule has 0 spiro atoms. The highest BCUT2D eigenvalue weighted by atomic mass is 79.9. The molecule has 0 unspecified atom stereocenters. The van der Waals surface area contributed by atoms with Crippen LogP contribution >= 0.6 is 27.3 Å². The lowest BCUT2D eigenvalue weighted by molar-refractivity contribution is 0.109. The van der Waals surface area contributed by atoms with Crippen molar-refractivity contribution in [1.82, 2.24) is 9.97 Å². The van der Waals surface area contributed by atoms with Gasteiger partial charge in [-0.2, -0.15) is 0 Å². The highest BCUT2D eigenvalue weighted by molar-refractivity contribution is 9.10. The van der Waals surface area contributed by atoms with E-state index < -0.39 is 0 Å². The number of fused-ring (bicyclic) bond motifs is 1. The SMILES string of the molecule is CCCNc1nc(-c2cc(Br)cs2)nc2c1COCC2. The number of hydrogen-bond acceptors (Lipinski definition) is 5. The molecular weight excluding hydrogens is 338 g/mol. The summed E-state index contributed by atoms with van der Waals surface area (Å²) in [6, 6.07) is 2.06. The van der Waals surface area contributed by atoms with E-state index in [4.69, 9.17) is 14.7 Å². The largest absolute Gasteiger partial charge is 0.376 e. The topological polar surface area (TPSA) is 47.0 Å². The predicted octanol–water partition coefficient (Wildman–Crippen LogP) is 3.86. The van der Waals surface area contributed by atoms with Crippen molar-refractivity contribution >= 4 is 33.1 Å². The zero-order valence-electron chi connectivity index (χ0n) is 11.3. The fourth-order valence-corrected chi connectivity index (χ4v) is 3.52. The number of rotatable bonds is 4. The van der Waals surface area contributed by atoms with E-state index in [2.05, 4.69) is 39.6 Å². The number of anilines is 1. The standard InChI is InChI=1S/C14H16BrN3OS/c1-2-4-16-13-10-7-19-5-3-11(10)17-14(18-13)12-6-9(15)8-20-12/h6,8H,2-5,7H2,1H3,(H,16,17,18). The molecule has 1 aliphatic heterocycles. The maximum Gasteiger partial charge on any atom is 0.171 e. The number of thiophene rings is 1. The number of halogens is 1. The van der Waals surface area contributed by atoms with Crippen LogP contribution in [0.15, 0.2) is 15.9 Å². The minimum atomic E-state index is 0.607. The van der Waals surface area contributed by atoms with E-state index in [9.17, 15) is 0 Å². The first-order valence-electron chi connectivity index (χ1n) is 6.73. The van der Waals surface area contributed by atoms with E-state index in [1.807, 2.05) is 0 Å². The first kappa shape index (κ1) is 14.0. The van der Waals surface area contributed by atoms with Gasteiger partial charge in [-0.3, -0.25) is 0 Å². The molecule has 0 saturated heterocycles. The van der Waals surface area contributed by atoms with Gasteiger partial charge in [-0.05, 0) is 28.4 Å². The summed E-state index contributed by atoms with van der Waals surface area (Å²) in [4.78, 5) is 10.5. The molecule has 0 aromatic carbocycles. The van der Waals surface area contributed by atoms with E-state index >= 15 is 0 Å². The summed E-state index contributed by atoms with van der Waals surface area (Å²) in [7, 11) is 0. The first-order valence-corrected chi connectivity index (χ1v) is 8.41. The number of ether oxygens (including phenoxy) is 1. The predicted molar refractivity (Wildman–Crippen MR) is 85.2 cm³/mol. The Morgan fingerprint density at radius 2 is 2.35 bits per heavy atom. The Labute approximate surface area is 130 Å². The average Bonchev–Trinajstić information content (AvgIpc) is 2.91. The van der Waals surface area contributed by atoms with Crippen molar-refractivity contribution < 1.29 is 4.74 Å². The lowest BCUT2D eigenvalue weighted by Gasteiger charge is -2.19. The molecule has 0 saturated carbocycles. The first-order chi connectivity index (χ1) is 9.78. The molecule has 1 aliphatic rings. The molecule has 2 aromatic rings. The van der Waals surface area contributed by atoms with Crippen LogP contribution in [0, 0.1) is 0 Å². The van der Waals surface area contributed by atoms with Crippen molar-refractivity contribution in [2.24, 2.45) is 0 Å². The second-order valence-electron chi connectivity index (χ2n) is 4.68. The van der Waals surface area contributed by atoms with Gasteiger partial charge in [0.15, 0.2) is 5.82 Å². The van der Waals surface area contributed by atoms with Gasteiger partial charge < -0.3 is 10.1 Å². The van der Waals surface area contributed by atoms with Gasteiger partial charge >= 0.3 is 0 Å². The molecule has 0 aliphatic carbocycles. The van der Waals surface area contributed by atoms with Crippen LogP contribution in [-0.2, 0) is 17.8 Å². The zero-order chi connectivity index (χ0) is 13.9. The van der Waals surface area contributed by atoms with Crippen LogP contribution in [0.3, 0.4) is 0 Å². The third-order valence-electron chi connectivity index (χ3n) is 3.15. The molecule has 0 atom stereocenters. The van der Waals surface area contributed by atoms with E-state index in [0.29, 0.717) is 6.61 Å². The van der Waals surface area contributed by atoms with Crippen molar-refractivity contribution in [3.05, 3.63) is 27.2 Å². The van der Waals surface area contributed by atoms with Gasteiger partial charge in [-0.25, -0.2) is 9.97 Å². The highest BCUT2D eigenvalue weighted by Crippen LogP contribution is 2.31. The van der Waals surface area contributed by atoms with E-state index in [1.165, 1.54) is 0 Å². The monoisotopic (exact) mass is 353 g/mol. The quantitative estimate of drug-likeness (QED) is 0.906. The molecule has 3 rings (SSSR count). The van der Waals surface area contributed by atoms with Gasteiger partial charge in [-0.1, -0.05) is 6.92 Å². The molecule has 0 fully saturated rings. The lowest BCUT2D eigenvalue weighted by atomic mass is 10.1. The van der Waals surface area contributed by atoms with E-state index in [1.54, 1.807) is 11.3 Å². The minimum Gasteiger partial charge on any atom is -0.376 e. The normalized spacial score (nSPS) is 14.1. The molecule has 1 N–H and O–H groups in total. The summed E-state index contributed by atoms with van der Waals surface area (Å²) in [5, 5.41) is 5.46. The van der Waals surface area contributed by atoms with Crippen LogP contribution < -0.4 is 5.32 Å². The van der Waals surface area contributed by atoms with Gasteiger partial charge in [0, 0.05) is 28.4 Å². The van der Waals surface area contributed by atoms with E-state index in [0.717, 1.165) is 58.2 Å². The Bertz CT molecular complexity index is 614. The molecule has 106 valence electrons. The summed E-state index contributed by atoms with van der Waals surface area (Å²) >= 11 is 5.14. The lowest BCUT2D eigenvalue weighted by Crippen LogP contribution is -2.17. The number of nitrogens with one attached hydrogen (secondary N) is 1. The number of nitrogens with zero attached hydrogens (tertiary/aromatic N) is 2. The molecule has 0 radical (unpaired) electrons. The van der Waals surface area contributed by atoms with Crippen molar-refractivity contribution in [2.75, 3.05) is 18.5 Å². The zero-order valence-corrected chi connectivity index (χ0v) is 13.7. The van der Waals surface area contributed by atoms with Crippen LogP contribution in [0.5, 0.6) is 0 Å². The average molecular weight is 354 g/mol. The molecule has 2 aromatic heterocycles. The van der Waals surface area contributed by atoms with Crippen LogP contribution in [0.2, 0.25) is 0 Å². The molecule has 3 heterocycles. The molecule has 4 nitrogen and oxygen atoms in total. The molecule has 0 bridgehead atoms. The van der Waals surface area contributed by atoms with Gasteiger partial charge in [0.05, 0.1) is 23.8 Å². The summed E-state index contributed by atoms with van der Waals surface area (Å²) < 4.78 is 6.62. The summed E-state index contributed by atoms with van der Waals surface area (Å²) in [5.74, 6) is 1.73. The summed E-state index contributed by atoms with van der Waals surface area (Å²) in [6.45, 7) is 4.41. The Morgan fingerprint density at radius 3 is 3.10 bits per heavy atom. The summed E-state index contributed by atoms with van der Waals surface area (Å²) in [5.41, 5.74) is 2.23. The summed E-state index contributed by atoms with van der Waals surface area (Å²) in [6.07, 6.45) is 1.93. The second kappa shape index (κ2) is 6.20. The van der Waals surface area contributed by atoms with Crippen molar-refractivity contribution in [3.63, 3.8) is 0 Å². The maximum absolute atomic E-state index is 5.54. The van der Waals surface area contributed by atoms with E-state index in [-0.39, 0.29) is 0 Å². The van der Waals surface area contributed by atoms with Crippen molar-refractivity contribution in [3.8, 4) is 10.7 Å². The maximum atomic E-state index is 5.54. The van der Waals surface area contributed by atoms with Gasteiger partial charge in [-0.15, -0.1) is 11.3 Å². The Balaban J connectivity index is 2.03. The fourth-order valence-electron chi connectivity index (χ4n) is 2.16. The molecule has 20 heavy (non-hydrogen) atoms. The molecular formula is C14H16BrN3OS. The van der Waals surface area contributed by atoms with Gasteiger partial charge in [0.2, 0.25) is 0 Å². The highest BCUT2D eigenvalue weighted by Gasteiger charge is 2.19. The van der Waals surface area contributed by atoms with Gasteiger partial charge in [0.1, 0.15) is 5.82 Å². The minimum absolute atomic E-state index is 0.607.